The Morgan fingerprint density at radius 2 is 1.94 bits per heavy atom. The van der Waals surface area contributed by atoms with Crippen molar-refractivity contribution in [1.82, 2.24) is 25.2 Å². The van der Waals surface area contributed by atoms with Crippen LogP contribution in [0.2, 0.25) is 0 Å². The number of aromatic nitrogens is 3. The van der Waals surface area contributed by atoms with E-state index in [9.17, 15) is 14.0 Å². The van der Waals surface area contributed by atoms with Gasteiger partial charge >= 0.3 is 0 Å². The maximum absolute atomic E-state index is 13.6. The molecule has 0 aliphatic heterocycles. The van der Waals surface area contributed by atoms with E-state index in [4.69, 9.17) is 9.15 Å². The van der Waals surface area contributed by atoms with Crippen LogP contribution in [0.25, 0.3) is 11.0 Å². The molecule has 34 heavy (non-hydrogen) atoms. The Hall–Kier alpha value is -4.05. The van der Waals surface area contributed by atoms with E-state index in [1.165, 1.54) is 47.2 Å². The summed E-state index contributed by atoms with van der Waals surface area (Å²) in [6.45, 7) is 0.435. The first-order chi connectivity index (χ1) is 16.6. The monoisotopic (exact) mass is 465 g/mol. The summed E-state index contributed by atoms with van der Waals surface area (Å²) >= 11 is 0. The average molecular weight is 465 g/mol. The maximum Gasteiger partial charge on any atom is 0.247 e. The van der Waals surface area contributed by atoms with Gasteiger partial charge in [-0.1, -0.05) is 29.5 Å². The van der Waals surface area contributed by atoms with Gasteiger partial charge in [-0.2, -0.15) is 0 Å². The predicted molar refractivity (Wildman–Crippen MR) is 121 cm³/mol. The van der Waals surface area contributed by atoms with Crippen LogP contribution in [0.15, 0.2) is 71.3 Å². The smallest absolute Gasteiger partial charge is 0.247 e. The van der Waals surface area contributed by atoms with Crippen molar-refractivity contribution in [3.05, 3.63) is 84.1 Å². The molecular weight excluding hydrogens is 441 g/mol. The summed E-state index contributed by atoms with van der Waals surface area (Å²) in [5.41, 5.74) is 1.80. The number of carbonyl (C=O) groups excluding carboxylic acids is 2. The number of furan rings is 1. The molecule has 2 aromatic heterocycles. The molecule has 0 spiro atoms. The van der Waals surface area contributed by atoms with Gasteiger partial charge in [-0.15, -0.1) is 5.10 Å². The topological polar surface area (TPSA) is 102 Å². The van der Waals surface area contributed by atoms with E-state index in [0.717, 1.165) is 0 Å². The standard InChI is InChI=1S/C24H24FN5O4/c1-33-14-12-26-24(32)23(17-8-10-18(25)11-9-17)29(15-19-5-4-13-34-19)22(31)16-30-21-7-3-2-6-20(21)27-28-30/h2-11,13,23H,12,14-16H2,1H3,(H,26,32)/t23-/m0/s1. The molecule has 4 rings (SSSR count). The number of nitrogens with one attached hydrogen (secondary N) is 1. The molecule has 2 amide bonds. The van der Waals surface area contributed by atoms with Gasteiger partial charge in [0.25, 0.3) is 0 Å². The second-order valence-corrected chi connectivity index (χ2v) is 7.57. The lowest BCUT2D eigenvalue weighted by Crippen LogP contribution is -2.45. The zero-order chi connectivity index (χ0) is 23.9. The normalized spacial score (nSPS) is 11.9. The lowest BCUT2D eigenvalue weighted by Gasteiger charge is -2.31. The SMILES string of the molecule is COCCNC(=O)[C@H](c1ccc(F)cc1)N(Cc1ccco1)C(=O)Cn1nnc2ccccc21. The fourth-order valence-corrected chi connectivity index (χ4v) is 3.64. The van der Waals surface area contributed by atoms with E-state index < -0.39 is 17.8 Å². The van der Waals surface area contributed by atoms with Crippen molar-refractivity contribution in [2.45, 2.75) is 19.1 Å². The predicted octanol–water partition coefficient (Wildman–Crippen LogP) is 2.70. The average Bonchev–Trinajstić information content (AvgIpc) is 3.50. The number of amides is 2. The number of fused-ring (bicyclic) bond motifs is 1. The Kier molecular flexibility index (Phi) is 7.28. The van der Waals surface area contributed by atoms with E-state index in [1.807, 2.05) is 18.2 Å². The second-order valence-electron chi connectivity index (χ2n) is 7.57. The number of hydrogen-bond acceptors (Lipinski definition) is 6. The molecule has 0 fully saturated rings. The van der Waals surface area contributed by atoms with Crippen LogP contribution in [-0.4, -0.2) is 52.0 Å². The van der Waals surface area contributed by atoms with E-state index in [-0.39, 0.29) is 25.5 Å². The Morgan fingerprint density at radius 1 is 1.15 bits per heavy atom. The summed E-state index contributed by atoms with van der Waals surface area (Å²) in [5.74, 6) is -0.760. The highest BCUT2D eigenvalue weighted by Gasteiger charge is 2.32. The van der Waals surface area contributed by atoms with Crippen LogP contribution in [0.4, 0.5) is 4.39 Å². The van der Waals surface area contributed by atoms with Gasteiger partial charge in [-0.3, -0.25) is 9.59 Å². The summed E-state index contributed by atoms with van der Waals surface area (Å²) in [4.78, 5) is 28.3. The zero-order valence-electron chi connectivity index (χ0n) is 18.6. The Morgan fingerprint density at radius 3 is 2.68 bits per heavy atom. The van der Waals surface area contributed by atoms with Crippen LogP contribution < -0.4 is 5.32 Å². The minimum absolute atomic E-state index is 0.0260. The van der Waals surface area contributed by atoms with Crippen molar-refractivity contribution in [3.8, 4) is 0 Å². The van der Waals surface area contributed by atoms with Crippen molar-refractivity contribution < 1.29 is 23.1 Å². The van der Waals surface area contributed by atoms with Gasteiger partial charge in [-0.25, -0.2) is 9.07 Å². The Bertz CT molecular complexity index is 1240. The molecule has 2 aromatic carbocycles. The van der Waals surface area contributed by atoms with Crippen LogP contribution in [0, 0.1) is 5.82 Å². The highest BCUT2D eigenvalue weighted by molar-refractivity contribution is 5.89. The van der Waals surface area contributed by atoms with Gasteiger partial charge in [0.2, 0.25) is 11.8 Å². The molecule has 0 aliphatic carbocycles. The van der Waals surface area contributed by atoms with Gasteiger partial charge in [-0.05, 0) is 42.0 Å². The summed E-state index contributed by atoms with van der Waals surface area (Å²) in [5, 5.41) is 11.0. The number of ether oxygens (including phenoxy) is 1. The van der Waals surface area contributed by atoms with Gasteiger partial charge in [0.1, 0.15) is 29.7 Å². The minimum Gasteiger partial charge on any atom is -0.467 e. The van der Waals surface area contributed by atoms with Crippen molar-refractivity contribution >= 4 is 22.8 Å². The molecule has 0 unspecified atom stereocenters. The summed E-state index contributed by atoms with van der Waals surface area (Å²) in [6, 6.07) is 15.2. The quantitative estimate of drug-likeness (QED) is 0.361. The van der Waals surface area contributed by atoms with Crippen molar-refractivity contribution in [2.75, 3.05) is 20.3 Å². The lowest BCUT2D eigenvalue weighted by molar-refractivity contribution is -0.142. The number of benzene rings is 2. The van der Waals surface area contributed by atoms with E-state index in [2.05, 4.69) is 15.6 Å². The molecule has 10 heteroatoms. The number of nitrogens with zero attached hydrogens (tertiary/aromatic N) is 4. The van der Waals surface area contributed by atoms with E-state index >= 15 is 0 Å². The fraction of sp³-hybridized carbons (Fsp3) is 0.250. The minimum atomic E-state index is -1.04. The highest BCUT2D eigenvalue weighted by atomic mass is 19.1. The molecule has 9 nitrogen and oxygen atoms in total. The van der Waals surface area contributed by atoms with Gasteiger partial charge in [0.05, 0.1) is 24.9 Å². The molecule has 0 radical (unpaired) electrons. The van der Waals surface area contributed by atoms with E-state index in [0.29, 0.717) is 29.0 Å². The maximum atomic E-state index is 13.6. The van der Waals surface area contributed by atoms with Crippen LogP contribution in [0.5, 0.6) is 0 Å². The fourth-order valence-electron chi connectivity index (χ4n) is 3.64. The van der Waals surface area contributed by atoms with Gasteiger partial charge in [0, 0.05) is 13.7 Å². The Labute approximate surface area is 195 Å². The molecule has 2 heterocycles. The third-order valence-electron chi connectivity index (χ3n) is 5.28. The van der Waals surface area contributed by atoms with Crippen LogP contribution in [0.1, 0.15) is 17.4 Å². The molecular formula is C24H24FN5O4. The summed E-state index contributed by atoms with van der Waals surface area (Å²) in [6.07, 6.45) is 1.49. The largest absolute Gasteiger partial charge is 0.467 e. The number of carbonyl (C=O) groups is 2. The highest BCUT2D eigenvalue weighted by Crippen LogP contribution is 2.25. The van der Waals surface area contributed by atoms with Crippen molar-refractivity contribution in [2.24, 2.45) is 0 Å². The molecule has 0 saturated carbocycles. The van der Waals surface area contributed by atoms with Crippen molar-refractivity contribution in [3.63, 3.8) is 0 Å². The Balaban J connectivity index is 1.69. The third kappa shape index (κ3) is 5.29. The first kappa shape index (κ1) is 23.1. The zero-order valence-corrected chi connectivity index (χ0v) is 18.6. The molecule has 1 atom stereocenters. The number of methoxy groups -OCH3 is 1. The first-order valence-electron chi connectivity index (χ1n) is 10.7. The molecule has 0 bridgehead atoms. The second kappa shape index (κ2) is 10.7. The van der Waals surface area contributed by atoms with Crippen LogP contribution >= 0.6 is 0 Å². The number of rotatable bonds is 10. The van der Waals surface area contributed by atoms with Gasteiger partial charge in [0.15, 0.2) is 0 Å². The molecule has 0 aliphatic rings. The number of hydrogen-bond donors (Lipinski definition) is 1. The molecule has 0 saturated heterocycles. The third-order valence-corrected chi connectivity index (χ3v) is 5.28. The van der Waals surface area contributed by atoms with Crippen LogP contribution in [0.3, 0.4) is 0 Å². The molecule has 4 aromatic rings. The van der Waals surface area contributed by atoms with E-state index in [1.54, 1.807) is 18.2 Å². The molecule has 1 N–H and O–H groups in total. The van der Waals surface area contributed by atoms with Gasteiger partial charge < -0.3 is 19.4 Å². The lowest BCUT2D eigenvalue weighted by atomic mass is 10.0. The number of para-hydroxylation sites is 1. The number of halogens is 1. The first-order valence-corrected chi connectivity index (χ1v) is 10.7. The van der Waals surface area contributed by atoms with Crippen molar-refractivity contribution in [1.29, 1.82) is 0 Å². The summed E-state index contributed by atoms with van der Waals surface area (Å²) in [7, 11) is 1.53. The molecule has 176 valence electrons. The van der Waals surface area contributed by atoms with Crippen LogP contribution in [-0.2, 0) is 27.4 Å². The summed E-state index contributed by atoms with van der Waals surface area (Å²) < 4.78 is 25.6.